The van der Waals surface area contributed by atoms with E-state index in [1.54, 1.807) is 4.90 Å². The number of nitrogens with zero attached hydrogens (tertiary/aromatic N) is 1. The summed E-state index contributed by atoms with van der Waals surface area (Å²) in [5.74, 6) is 0.305. The maximum atomic E-state index is 12.2. The van der Waals surface area contributed by atoms with Gasteiger partial charge in [-0.3, -0.25) is 9.59 Å². The van der Waals surface area contributed by atoms with Crippen LogP contribution in [0.4, 0.5) is 5.69 Å². The Morgan fingerprint density at radius 2 is 2.17 bits per heavy atom. The molecule has 126 valence electrons. The first-order chi connectivity index (χ1) is 10.5. The van der Waals surface area contributed by atoms with E-state index in [0.717, 1.165) is 28.8 Å². The second-order valence-electron chi connectivity index (χ2n) is 6.11. The van der Waals surface area contributed by atoms with Crippen LogP contribution in [0, 0.1) is 18.8 Å². The predicted octanol–water partition coefficient (Wildman–Crippen LogP) is 1.87. The molecule has 0 spiro atoms. The van der Waals surface area contributed by atoms with Crippen molar-refractivity contribution in [2.24, 2.45) is 11.8 Å². The van der Waals surface area contributed by atoms with Gasteiger partial charge in [0.15, 0.2) is 0 Å². The molecule has 1 aromatic rings. The Kier molecular flexibility index (Phi) is 6.06. The van der Waals surface area contributed by atoms with E-state index in [2.05, 4.69) is 26.6 Å². The van der Waals surface area contributed by atoms with E-state index in [1.165, 1.54) is 0 Å². The largest absolute Gasteiger partial charge is 0.355 e. The predicted molar refractivity (Wildman–Crippen MR) is 96.0 cm³/mol. The molecule has 0 aliphatic carbocycles. The highest BCUT2D eigenvalue weighted by Gasteiger charge is 2.35. The molecule has 2 saturated heterocycles. The topological polar surface area (TPSA) is 61.4 Å². The molecule has 2 heterocycles. The highest BCUT2D eigenvalue weighted by molar-refractivity contribution is 9.10. The highest BCUT2D eigenvalue weighted by atomic mass is 79.9. The molecule has 1 aromatic carbocycles. The van der Waals surface area contributed by atoms with Crippen molar-refractivity contribution in [3.63, 3.8) is 0 Å². The monoisotopic (exact) mass is 401 g/mol. The minimum Gasteiger partial charge on any atom is -0.355 e. The average Bonchev–Trinajstić information content (AvgIpc) is 2.82. The molecule has 2 aliphatic rings. The van der Waals surface area contributed by atoms with Crippen molar-refractivity contribution in [1.82, 2.24) is 10.6 Å². The SMILES string of the molecule is Cc1cc(N2CC(C(=O)NCC3CNC3)CC2=O)ccc1Br.Cl. The first-order valence-corrected chi connectivity index (χ1v) is 8.39. The minimum atomic E-state index is -0.246. The van der Waals surface area contributed by atoms with Crippen LogP contribution in [-0.4, -0.2) is 38.0 Å². The maximum absolute atomic E-state index is 12.2. The summed E-state index contributed by atoms with van der Waals surface area (Å²) >= 11 is 3.46. The van der Waals surface area contributed by atoms with Crippen LogP contribution < -0.4 is 15.5 Å². The van der Waals surface area contributed by atoms with Crippen molar-refractivity contribution in [3.8, 4) is 0 Å². The number of carbonyl (C=O) groups excluding carboxylic acids is 2. The summed E-state index contributed by atoms with van der Waals surface area (Å²) in [4.78, 5) is 26.1. The average molecular weight is 403 g/mol. The standard InChI is InChI=1S/C16H20BrN3O2.ClH/c1-10-4-13(2-3-14(10)17)20-9-12(5-15(20)21)16(22)19-8-11-6-18-7-11;/h2-4,11-12,18H,5-9H2,1H3,(H,19,22);1H. The van der Waals surface area contributed by atoms with Crippen LogP contribution in [0.15, 0.2) is 22.7 Å². The molecule has 2 fully saturated rings. The van der Waals surface area contributed by atoms with Gasteiger partial charge in [0.2, 0.25) is 11.8 Å². The molecular weight excluding hydrogens is 382 g/mol. The van der Waals surface area contributed by atoms with Crippen LogP contribution in [0.3, 0.4) is 0 Å². The van der Waals surface area contributed by atoms with Gasteiger partial charge in [-0.2, -0.15) is 0 Å². The van der Waals surface area contributed by atoms with Crippen LogP contribution in [0.1, 0.15) is 12.0 Å². The normalized spacial score (nSPS) is 20.9. The van der Waals surface area contributed by atoms with Gasteiger partial charge < -0.3 is 15.5 Å². The fourth-order valence-corrected chi connectivity index (χ4v) is 3.06. The van der Waals surface area contributed by atoms with E-state index in [-0.39, 0.29) is 30.1 Å². The van der Waals surface area contributed by atoms with E-state index in [1.807, 2.05) is 25.1 Å². The highest BCUT2D eigenvalue weighted by Crippen LogP contribution is 2.28. The quantitative estimate of drug-likeness (QED) is 0.808. The van der Waals surface area contributed by atoms with Crippen LogP contribution in [0.25, 0.3) is 0 Å². The summed E-state index contributed by atoms with van der Waals surface area (Å²) < 4.78 is 1.02. The first kappa shape index (κ1) is 18.2. The smallest absolute Gasteiger partial charge is 0.227 e. The summed E-state index contributed by atoms with van der Waals surface area (Å²) in [6, 6.07) is 5.83. The number of carbonyl (C=O) groups is 2. The number of nitrogens with one attached hydrogen (secondary N) is 2. The number of hydrogen-bond donors (Lipinski definition) is 2. The second-order valence-corrected chi connectivity index (χ2v) is 6.96. The Labute approximate surface area is 150 Å². The summed E-state index contributed by atoms with van der Waals surface area (Å²) in [5.41, 5.74) is 1.94. The molecular formula is C16H21BrClN3O2. The Bertz CT molecular complexity index is 607. The number of aryl methyl sites for hydroxylation is 1. The zero-order valence-corrected chi connectivity index (χ0v) is 15.4. The van der Waals surface area contributed by atoms with E-state index < -0.39 is 0 Å². The van der Waals surface area contributed by atoms with Crippen molar-refractivity contribution in [3.05, 3.63) is 28.2 Å². The zero-order valence-electron chi connectivity index (χ0n) is 13.0. The third-order valence-corrected chi connectivity index (χ3v) is 5.27. The lowest BCUT2D eigenvalue weighted by atomic mass is 10.0. The number of hydrogen-bond acceptors (Lipinski definition) is 3. The Hall–Kier alpha value is -1.11. The maximum Gasteiger partial charge on any atom is 0.227 e. The summed E-state index contributed by atoms with van der Waals surface area (Å²) in [6.45, 7) is 5.09. The first-order valence-electron chi connectivity index (χ1n) is 7.59. The van der Waals surface area contributed by atoms with Crippen molar-refractivity contribution in [2.45, 2.75) is 13.3 Å². The van der Waals surface area contributed by atoms with Gasteiger partial charge in [-0.25, -0.2) is 0 Å². The third kappa shape index (κ3) is 4.05. The van der Waals surface area contributed by atoms with Crippen LogP contribution in [-0.2, 0) is 9.59 Å². The second kappa shape index (κ2) is 7.64. The van der Waals surface area contributed by atoms with Crippen molar-refractivity contribution in [2.75, 3.05) is 31.1 Å². The molecule has 1 atom stereocenters. The van der Waals surface area contributed by atoms with Gasteiger partial charge in [-0.1, -0.05) is 15.9 Å². The molecule has 2 amide bonds. The fourth-order valence-electron chi connectivity index (χ4n) is 2.81. The van der Waals surface area contributed by atoms with Crippen molar-refractivity contribution in [1.29, 1.82) is 0 Å². The summed E-state index contributed by atoms with van der Waals surface area (Å²) in [5, 5.41) is 6.16. The van der Waals surface area contributed by atoms with Crippen LogP contribution in [0.5, 0.6) is 0 Å². The van der Waals surface area contributed by atoms with E-state index in [0.29, 0.717) is 25.4 Å². The van der Waals surface area contributed by atoms with Gasteiger partial charge in [-0.15, -0.1) is 12.4 Å². The van der Waals surface area contributed by atoms with Gasteiger partial charge in [0, 0.05) is 48.7 Å². The Morgan fingerprint density at radius 1 is 1.43 bits per heavy atom. The zero-order chi connectivity index (χ0) is 15.7. The fraction of sp³-hybridized carbons (Fsp3) is 0.500. The van der Waals surface area contributed by atoms with Crippen LogP contribution in [0.2, 0.25) is 0 Å². The molecule has 23 heavy (non-hydrogen) atoms. The summed E-state index contributed by atoms with van der Waals surface area (Å²) in [6.07, 6.45) is 0.295. The molecule has 0 bridgehead atoms. The number of benzene rings is 1. The molecule has 1 unspecified atom stereocenters. The lowest BCUT2D eigenvalue weighted by Crippen LogP contribution is -2.49. The lowest BCUT2D eigenvalue weighted by molar-refractivity contribution is -0.126. The molecule has 0 aromatic heterocycles. The Morgan fingerprint density at radius 3 is 2.78 bits per heavy atom. The van der Waals surface area contributed by atoms with Crippen molar-refractivity contribution >= 4 is 45.8 Å². The van der Waals surface area contributed by atoms with E-state index >= 15 is 0 Å². The van der Waals surface area contributed by atoms with Gasteiger partial charge in [0.05, 0.1) is 5.92 Å². The number of rotatable bonds is 4. The van der Waals surface area contributed by atoms with Gasteiger partial charge >= 0.3 is 0 Å². The summed E-state index contributed by atoms with van der Waals surface area (Å²) in [7, 11) is 0. The van der Waals surface area contributed by atoms with E-state index in [4.69, 9.17) is 0 Å². The molecule has 0 radical (unpaired) electrons. The lowest BCUT2D eigenvalue weighted by Gasteiger charge is -2.27. The molecule has 7 heteroatoms. The molecule has 5 nitrogen and oxygen atoms in total. The van der Waals surface area contributed by atoms with Gasteiger partial charge in [0.25, 0.3) is 0 Å². The van der Waals surface area contributed by atoms with E-state index in [9.17, 15) is 9.59 Å². The minimum absolute atomic E-state index is 0. The number of anilines is 1. The van der Waals surface area contributed by atoms with Crippen LogP contribution >= 0.6 is 28.3 Å². The van der Waals surface area contributed by atoms with Gasteiger partial charge in [0.1, 0.15) is 0 Å². The molecule has 3 rings (SSSR count). The molecule has 0 saturated carbocycles. The number of halogens is 2. The molecule has 2 N–H and O–H groups in total. The Balaban J connectivity index is 0.00000192. The van der Waals surface area contributed by atoms with Crippen molar-refractivity contribution < 1.29 is 9.59 Å². The third-order valence-electron chi connectivity index (χ3n) is 4.38. The van der Waals surface area contributed by atoms with Gasteiger partial charge in [-0.05, 0) is 30.7 Å². The molecule has 2 aliphatic heterocycles. The number of amides is 2.